The second-order valence-electron chi connectivity index (χ2n) is 6.26. The van der Waals surface area contributed by atoms with Gasteiger partial charge in [0.2, 0.25) is 0 Å². The first kappa shape index (κ1) is 21.8. The Labute approximate surface area is 158 Å². The van der Waals surface area contributed by atoms with E-state index in [9.17, 15) is 22.0 Å². The molecule has 0 saturated heterocycles. The van der Waals surface area contributed by atoms with Crippen LogP contribution in [0, 0.1) is 0 Å². The van der Waals surface area contributed by atoms with Gasteiger partial charge in [-0.25, -0.2) is 0 Å². The van der Waals surface area contributed by atoms with Crippen molar-refractivity contribution < 1.29 is 23.4 Å². The Bertz CT molecular complexity index is 943. The Morgan fingerprint density at radius 3 is 1.78 bits per heavy atom. The van der Waals surface area contributed by atoms with Crippen LogP contribution in [0.25, 0.3) is 10.8 Å². The zero-order chi connectivity index (χ0) is 20.6. The summed E-state index contributed by atoms with van der Waals surface area (Å²) in [6, 6.07) is 22.7. The predicted octanol–water partition coefficient (Wildman–Crippen LogP) is 7.28. The summed E-state index contributed by atoms with van der Waals surface area (Å²) in [5.74, 6) is 0.321. The molecule has 1 nitrogen and oxygen atoms in total. The monoisotopic (exact) mass is 518 g/mol. The van der Waals surface area contributed by atoms with Crippen LogP contribution in [0.1, 0.15) is 1.43 Å². The maximum Gasteiger partial charge on any atom is 1.00 e. The molecule has 0 amide bonds. The predicted molar refractivity (Wildman–Crippen MR) is 102 cm³/mol. The molecular formula is C18H19F6OSSb. The second-order valence-corrected chi connectivity index (χ2v) is 15.3. The van der Waals surface area contributed by atoms with E-state index < -0.39 is 29.5 Å². The number of benzene rings is 3. The summed E-state index contributed by atoms with van der Waals surface area (Å²) in [7, 11) is -1.09. The summed E-state index contributed by atoms with van der Waals surface area (Å²) in [5, 5.41) is 12.1. The van der Waals surface area contributed by atoms with Gasteiger partial charge in [0.25, 0.3) is 0 Å². The molecule has 0 unspecified atom stereocenters. The van der Waals surface area contributed by atoms with Crippen molar-refractivity contribution in [2.24, 2.45) is 0 Å². The van der Waals surface area contributed by atoms with E-state index in [1.54, 1.807) is 12.1 Å². The van der Waals surface area contributed by atoms with E-state index in [0.29, 0.717) is 5.75 Å². The number of hydrogen-bond acceptors (Lipinski definition) is 1. The Hall–Kier alpha value is -1.53. The molecular weight excluding hydrogens is 500 g/mol. The Kier molecular flexibility index (Phi) is 5.25. The molecule has 0 fully saturated rings. The van der Waals surface area contributed by atoms with E-state index in [0.717, 1.165) is 0 Å². The largest absolute Gasteiger partial charge is 1.00 e. The van der Waals surface area contributed by atoms with Crippen LogP contribution in [0.3, 0.4) is 0 Å². The molecule has 0 heterocycles. The zero-order valence-electron chi connectivity index (χ0n) is 15.4. The average molecular weight is 519 g/mol. The molecule has 0 bridgehead atoms. The maximum absolute atomic E-state index is 11.2. The number of phenols is 1. The second kappa shape index (κ2) is 6.52. The topological polar surface area (TPSA) is 20.2 Å². The van der Waals surface area contributed by atoms with Crippen LogP contribution in [-0.2, 0) is 0 Å². The van der Waals surface area contributed by atoms with E-state index in [2.05, 4.69) is 55.0 Å². The van der Waals surface area contributed by atoms with Crippen molar-refractivity contribution in [2.75, 3.05) is 12.5 Å². The first-order chi connectivity index (χ1) is 12.0. The molecule has 0 spiro atoms. The van der Waals surface area contributed by atoms with E-state index in [-0.39, 0.29) is 1.43 Å². The van der Waals surface area contributed by atoms with Crippen molar-refractivity contribution in [2.45, 2.75) is 9.79 Å². The summed E-state index contributed by atoms with van der Waals surface area (Å²) < 4.78 is 59.6. The fourth-order valence-electron chi connectivity index (χ4n) is 2.55. The first-order valence-corrected chi connectivity index (χ1v) is 15.8. The maximum atomic E-state index is 9.93. The number of aromatic hydroxyl groups is 1. The third-order valence-electron chi connectivity index (χ3n) is 3.73. The standard InChI is InChI=1S/C18H18OS.6FH.Sb/c1-20(2,16-12-10-15(19)11-13-16)18-9-5-7-14-6-3-4-8-17(14)18;;;;;;;/h3-13,19H,1-2H3;6*1H;/q;;;;;;;+5/p-5. The number of fused-ring (bicyclic) bond motifs is 1. The summed E-state index contributed by atoms with van der Waals surface area (Å²) >= 11 is -11.2. The van der Waals surface area contributed by atoms with E-state index >= 15 is 0 Å². The molecule has 3 aromatic rings. The van der Waals surface area contributed by atoms with Crippen LogP contribution in [0.4, 0.5) is 16.9 Å². The van der Waals surface area contributed by atoms with E-state index in [4.69, 9.17) is 0 Å². The fourth-order valence-corrected chi connectivity index (χ4v) is 4.78. The quantitative estimate of drug-likeness (QED) is 0.279. The average Bonchev–Trinajstić information content (AvgIpc) is 2.52. The molecule has 0 aliphatic carbocycles. The van der Waals surface area contributed by atoms with Gasteiger partial charge in [-0.1, -0.05) is 36.4 Å². The van der Waals surface area contributed by atoms with Crippen molar-refractivity contribution in [3.05, 3.63) is 66.7 Å². The third kappa shape index (κ3) is 7.18. The summed E-state index contributed by atoms with van der Waals surface area (Å²) in [6.07, 6.45) is 4.61. The molecule has 0 atom stereocenters. The van der Waals surface area contributed by atoms with E-state index in [1.165, 1.54) is 20.6 Å². The fraction of sp³-hybridized carbons (Fsp3) is 0.111. The number of phenolic OH excluding ortho intramolecular Hbond substituents is 1. The van der Waals surface area contributed by atoms with Gasteiger partial charge < -0.3 is 5.11 Å². The molecule has 27 heavy (non-hydrogen) atoms. The van der Waals surface area contributed by atoms with Gasteiger partial charge in [-0.2, -0.15) is 10.0 Å². The van der Waals surface area contributed by atoms with Gasteiger partial charge >= 0.3 is 37.8 Å². The van der Waals surface area contributed by atoms with Crippen molar-refractivity contribution >= 4 is 40.3 Å². The van der Waals surface area contributed by atoms with Crippen LogP contribution in [0.5, 0.6) is 5.75 Å². The first-order valence-electron chi connectivity index (χ1n) is 7.61. The van der Waals surface area contributed by atoms with Crippen LogP contribution < -0.4 is 0 Å². The van der Waals surface area contributed by atoms with Crippen molar-refractivity contribution in [1.29, 1.82) is 0 Å². The number of rotatable bonds is 2. The third-order valence-corrected chi connectivity index (χ3v) is 6.63. The molecule has 0 aliphatic rings. The van der Waals surface area contributed by atoms with Crippen LogP contribution >= 0.6 is 10.0 Å². The van der Waals surface area contributed by atoms with E-state index in [1.807, 2.05) is 12.1 Å². The molecule has 0 radical (unpaired) electrons. The Balaban J connectivity index is 0.000000425. The molecule has 150 valence electrons. The molecule has 3 rings (SSSR count). The van der Waals surface area contributed by atoms with Gasteiger partial charge in [0.05, 0.1) is 0 Å². The van der Waals surface area contributed by atoms with Crippen LogP contribution in [0.15, 0.2) is 76.5 Å². The molecule has 1 N–H and O–H groups in total. The van der Waals surface area contributed by atoms with Gasteiger partial charge in [-0.05, 0) is 58.5 Å². The van der Waals surface area contributed by atoms with Gasteiger partial charge in [0, 0.05) is 4.90 Å². The Morgan fingerprint density at radius 1 is 0.741 bits per heavy atom. The van der Waals surface area contributed by atoms with Crippen molar-refractivity contribution in [3.8, 4) is 5.75 Å². The Morgan fingerprint density at radius 2 is 1.22 bits per heavy atom. The van der Waals surface area contributed by atoms with Gasteiger partial charge in [-0.15, -0.1) is 0 Å². The summed E-state index contributed by atoms with van der Waals surface area (Å²) in [6.45, 7) is 0. The molecule has 0 saturated carbocycles. The summed E-state index contributed by atoms with van der Waals surface area (Å²) in [5.41, 5.74) is 0. The zero-order valence-corrected chi connectivity index (χ0v) is 17.8. The minimum Gasteiger partial charge on any atom is 1.00 e. The number of halogens is 6. The normalized spacial score (nSPS) is 15.3. The summed E-state index contributed by atoms with van der Waals surface area (Å²) in [4.78, 5) is 2.67. The molecule has 0 aliphatic heterocycles. The minimum atomic E-state index is -11.2. The van der Waals surface area contributed by atoms with Gasteiger partial charge in [0.15, 0.2) is 0 Å². The van der Waals surface area contributed by atoms with Crippen molar-refractivity contribution in [3.63, 3.8) is 0 Å². The van der Waals surface area contributed by atoms with Crippen LogP contribution in [0.2, 0.25) is 0 Å². The van der Waals surface area contributed by atoms with Crippen molar-refractivity contribution in [1.82, 2.24) is 0 Å². The number of hydrogen-bond donors (Lipinski definition) is 1. The minimum absolute atomic E-state index is 0. The smallest absolute Gasteiger partial charge is 1.00 e. The molecule has 0 aromatic heterocycles. The molecule has 3 aromatic carbocycles. The van der Waals surface area contributed by atoms with Crippen LogP contribution in [-0.4, -0.2) is 37.1 Å². The van der Waals surface area contributed by atoms with Gasteiger partial charge in [0.1, 0.15) is 5.75 Å². The van der Waals surface area contributed by atoms with Gasteiger partial charge in [-0.3, -0.25) is 0 Å². The molecule has 9 heteroatoms. The SMILES string of the molecule is CS(C)(c1ccc(O)cc1)c1cccc2ccccc12.[F][Sb-]([F])([F])([F])([F])[F].[H+].